The zero-order valence-electron chi connectivity index (χ0n) is 16.2. The summed E-state index contributed by atoms with van der Waals surface area (Å²) in [6, 6.07) is 22.4. The number of fused-ring (bicyclic) bond motifs is 1. The van der Waals surface area contributed by atoms with Gasteiger partial charge in [0.2, 0.25) is 15.7 Å². The molecule has 1 N–H and O–H groups in total. The van der Waals surface area contributed by atoms with E-state index < -0.39 is 9.84 Å². The summed E-state index contributed by atoms with van der Waals surface area (Å²) >= 11 is 0. The van der Waals surface area contributed by atoms with Crippen LogP contribution in [0, 0.1) is 0 Å². The van der Waals surface area contributed by atoms with Crippen molar-refractivity contribution in [3.8, 4) is 11.4 Å². The third-order valence-corrected chi connectivity index (χ3v) is 7.17. The van der Waals surface area contributed by atoms with E-state index in [4.69, 9.17) is 0 Å². The number of aromatic amines is 1. The van der Waals surface area contributed by atoms with Gasteiger partial charge in [-0.1, -0.05) is 66.7 Å². The molecule has 5 rings (SSSR count). The number of ketones is 1. The highest BCUT2D eigenvalue weighted by Crippen LogP contribution is 2.39. The van der Waals surface area contributed by atoms with Crippen LogP contribution in [0.5, 0.6) is 0 Å². The minimum Gasteiger partial charge on any atom is -0.289 e. The van der Waals surface area contributed by atoms with E-state index in [1.54, 1.807) is 42.5 Å². The second-order valence-corrected chi connectivity index (χ2v) is 8.97. The molecule has 0 amide bonds. The lowest BCUT2D eigenvalue weighted by molar-refractivity contribution is 0.102. The minimum atomic E-state index is -3.86. The fraction of sp³-hybridized carbons (Fsp3) is 0.0435. The number of H-pyrrole nitrogens is 1. The number of Topliss-reactive ketones (excluding diaryl/α,β-unsaturated/α-hetero) is 1. The molecular formula is C23H16N4O3S. The van der Waals surface area contributed by atoms with Crippen molar-refractivity contribution in [3.63, 3.8) is 0 Å². The van der Waals surface area contributed by atoms with Crippen molar-refractivity contribution in [2.45, 2.75) is 11.3 Å². The molecule has 1 aliphatic heterocycles. The van der Waals surface area contributed by atoms with Gasteiger partial charge in [0.15, 0.2) is 5.78 Å². The highest BCUT2D eigenvalue weighted by Gasteiger charge is 2.37. The van der Waals surface area contributed by atoms with E-state index in [1.165, 1.54) is 6.07 Å². The summed E-state index contributed by atoms with van der Waals surface area (Å²) in [6.07, 6.45) is 0.184. The van der Waals surface area contributed by atoms with Gasteiger partial charge in [-0.25, -0.2) is 8.42 Å². The molecule has 4 aromatic rings. The quantitative estimate of drug-likeness (QED) is 0.533. The van der Waals surface area contributed by atoms with Crippen LogP contribution in [-0.4, -0.2) is 34.8 Å². The number of tetrazole rings is 1. The highest BCUT2D eigenvalue weighted by molar-refractivity contribution is 8.01. The average molecular weight is 428 g/mol. The lowest BCUT2D eigenvalue weighted by Crippen LogP contribution is -2.22. The van der Waals surface area contributed by atoms with E-state index in [1.807, 2.05) is 30.3 Å². The number of sulfone groups is 1. The first-order valence-corrected chi connectivity index (χ1v) is 11.0. The molecule has 2 heterocycles. The molecular weight excluding hydrogens is 412 g/mol. The topological polar surface area (TPSA) is 106 Å². The maximum absolute atomic E-state index is 13.5. The predicted octanol–water partition coefficient (Wildman–Crippen LogP) is 3.49. The number of carbonyl (C=O) groups is 1. The molecule has 0 spiro atoms. The van der Waals surface area contributed by atoms with Gasteiger partial charge >= 0.3 is 0 Å². The van der Waals surface area contributed by atoms with Crippen molar-refractivity contribution in [2.75, 3.05) is 0 Å². The lowest BCUT2D eigenvalue weighted by Gasteiger charge is -2.22. The van der Waals surface area contributed by atoms with E-state index in [9.17, 15) is 13.2 Å². The van der Waals surface area contributed by atoms with Crippen LogP contribution in [-0.2, 0) is 16.3 Å². The van der Waals surface area contributed by atoms with E-state index in [0.717, 1.165) is 11.1 Å². The standard InChI is InChI=1S/C23H16N4O3S/c28-21-18-8-4-5-9-20(18)31(29,30)22(16-6-2-1-3-7-16)19(21)14-15-10-12-17(13-11-15)23-24-26-27-25-23/h1-13H,14H2,(H,24,25,26,27). The molecule has 0 fully saturated rings. The lowest BCUT2D eigenvalue weighted by atomic mass is 9.94. The van der Waals surface area contributed by atoms with E-state index >= 15 is 0 Å². The SMILES string of the molecule is O=C1C(Cc2ccc(-c3nn[nH]n3)cc2)=C(c2ccccc2)S(=O)(=O)c2ccccc21. The van der Waals surface area contributed by atoms with Crippen LogP contribution in [0.1, 0.15) is 21.5 Å². The summed E-state index contributed by atoms with van der Waals surface area (Å²) in [7, 11) is -3.86. The molecule has 1 aliphatic rings. The summed E-state index contributed by atoms with van der Waals surface area (Å²) < 4.78 is 27.0. The summed E-state index contributed by atoms with van der Waals surface area (Å²) in [5.74, 6) is 0.188. The Balaban J connectivity index is 1.65. The van der Waals surface area contributed by atoms with Crippen molar-refractivity contribution < 1.29 is 13.2 Å². The molecule has 8 heteroatoms. The van der Waals surface area contributed by atoms with Crippen LogP contribution in [0.2, 0.25) is 0 Å². The van der Waals surface area contributed by atoms with Crippen molar-refractivity contribution in [1.82, 2.24) is 20.6 Å². The van der Waals surface area contributed by atoms with E-state index in [0.29, 0.717) is 11.4 Å². The Hall–Kier alpha value is -3.91. The first-order valence-electron chi connectivity index (χ1n) is 9.56. The first kappa shape index (κ1) is 19.1. The van der Waals surface area contributed by atoms with E-state index in [-0.39, 0.29) is 33.1 Å². The molecule has 0 unspecified atom stereocenters. The van der Waals surface area contributed by atoms with Crippen molar-refractivity contribution in [3.05, 3.63) is 101 Å². The Labute approximate surface area is 178 Å². The average Bonchev–Trinajstić information content (AvgIpc) is 3.34. The van der Waals surface area contributed by atoms with Crippen molar-refractivity contribution in [1.29, 1.82) is 0 Å². The number of allylic oxidation sites excluding steroid dienone is 1. The minimum absolute atomic E-state index is 0.0510. The number of rotatable bonds is 4. The van der Waals surface area contributed by atoms with Gasteiger partial charge in [-0.15, -0.1) is 10.2 Å². The Morgan fingerprint density at radius 2 is 1.52 bits per heavy atom. The highest BCUT2D eigenvalue weighted by atomic mass is 32.2. The smallest absolute Gasteiger partial charge is 0.208 e. The summed E-state index contributed by atoms with van der Waals surface area (Å²) in [5, 5.41) is 13.9. The van der Waals surface area contributed by atoms with Gasteiger partial charge in [-0.05, 0) is 28.5 Å². The molecule has 0 saturated heterocycles. The third-order valence-electron chi connectivity index (χ3n) is 5.21. The monoisotopic (exact) mass is 428 g/mol. The Morgan fingerprint density at radius 1 is 0.806 bits per heavy atom. The van der Waals surface area contributed by atoms with Gasteiger partial charge in [-0.3, -0.25) is 4.79 Å². The Kier molecular flexibility index (Phi) is 4.56. The molecule has 0 saturated carbocycles. The molecule has 0 atom stereocenters. The van der Waals surface area contributed by atoms with Gasteiger partial charge in [-0.2, -0.15) is 5.21 Å². The number of hydrogen-bond donors (Lipinski definition) is 1. The van der Waals surface area contributed by atoms with Gasteiger partial charge in [0.05, 0.1) is 9.80 Å². The fourth-order valence-corrected chi connectivity index (χ4v) is 5.63. The third kappa shape index (κ3) is 3.27. The molecule has 0 aliphatic carbocycles. The molecule has 7 nitrogen and oxygen atoms in total. The number of carbonyl (C=O) groups excluding carboxylic acids is 1. The van der Waals surface area contributed by atoms with Crippen LogP contribution in [0.15, 0.2) is 89.3 Å². The second-order valence-electron chi connectivity index (χ2n) is 7.11. The largest absolute Gasteiger partial charge is 0.289 e. The zero-order chi connectivity index (χ0) is 21.4. The van der Waals surface area contributed by atoms with Crippen LogP contribution in [0.3, 0.4) is 0 Å². The van der Waals surface area contributed by atoms with Crippen molar-refractivity contribution in [2.24, 2.45) is 0 Å². The fourth-order valence-electron chi connectivity index (χ4n) is 3.77. The van der Waals surface area contributed by atoms with Gasteiger partial charge in [0.25, 0.3) is 0 Å². The second kappa shape index (κ2) is 7.41. The number of hydrogen-bond acceptors (Lipinski definition) is 6. The predicted molar refractivity (Wildman–Crippen MR) is 115 cm³/mol. The molecule has 1 aromatic heterocycles. The summed E-state index contributed by atoms with van der Waals surface area (Å²) in [6.45, 7) is 0. The molecule has 0 radical (unpaired) electrons. The Morgan fingerprint density at radius 3 is 2.23 bits per heavy atom. The van der Waals surface area contributed by atoms with Crippen LogP contribution in [0.4, 0.5) is 0 Å². The number of aromatic nitrogens is 4. The normalized spacial score (nSPS) is 15.0. The van der Waals surface area contributed by atoms with Crippen LogP contribution in [0.25, 0.3) is 16.3 Å². The van der Waals surface area contributed by atoms with Gasteiger partial charge < -0.3 is 0 Å². The number of benzene rings is 3. The van der Waals surface area contributed by atoms with Gasteiger partial charge in [0, 0.05) is 23.1 Å². The summed E-state index contributed by atoms with van der Waals surface area (Å²) in [5.41, 5.74) is 2.54. The maximum Gasteiger partial charge on any atom is 0.208 e. The number of nitrogens with zero attached hydrogens (tertiary/aromatic N) is 3. The van der Waals surface area contributed by atoms with Crippen molar-refractivity contribution >= 4 is 20.5 Å². The Bertz CT molecular complexity index is 1410. The first-order chi connectivity index (χ1) is 15.1. The summed E-state index contributed by atoms with van der Waals surface area (Å²) in [4.78, 5) is 13.5. The zero-order valence-corrected chi connectivity index (χ0v) is 17.0. The molecule has 3 aromatic carbocycles. The van der Waals surface area contributed by atoms with Gasteiger partial charge in [0.1, 0.15) is 0 Å². The maximum atomic E-state index is 13.5. The van der Waals surface area contributed by atoms with E-state index in [2.05, 4.69) is 20.6 Å². The molecule has 0 bridgehead atoms. The number of nitrogens with one attached hydrogen (secondary N) is 1. The molecule has 152 valence electrons. The van der Waals surface area contributed by atoms with Crippen LogP contribution < -0.4 is 0 Å². The van der Waals surface area contributed by atoms with Crippen LogP contribution >= 0.6 is 0 Å². The molecule has 31 heavy (non-hydrogen) atoms.